The average Bonchev–Trinajstić information content (AvgIpc) is 3.75. The summed E-state index contributed by atoms with van der Waals surface area (Å²) in [4.78, 5) is 0. The highest BCUT2D eigenvalue weighted by Crippen LogP contribution is 2.45. The van der Waals surface area contributed by atoms with Crippen molar-refractivity contribution < 1.29 is 4.42 Å². The fraction of sp³-hybridized carbons (Fsp3) is 0. The van der Waals surface area contributed by atoms with E-state index in [-0.39, 0.29) is 0 Å². The minimum Gasteiger partial charge on any atom is -0.456 e. The molecule has 11 rings (SSSR count). The number of furan rings is 1. The lowest BCUT2D eigenvalue weighted by Gasteiger charge is -2.17. The lowest BCUT2D eigenvalue weighted by Crippen LogP contribution is -1.90. The van der Waals surface area contributed by atoms with E-state index >= 15 is 0 Å². The van der Waals surface area contributed by atoms with Gasteiger partial charge in [-0.3, -0.25) is 0 Å². The van der Waals surface area contributed by atoms with Gasteiger partial charge in [-0.2, -0.15) is 0 Å². The largest absolute Gasteiger partial charge is 0.456 e. The molecule has 11 aromatic rings. The molecule has 0 aliphatic heterocycles. The van der Waals surface area contributed by atoms with E-state index in [1.54, 1.807) is 0 Å². The Morgan fingerprint density at radius 1 is 0.320 bits per heavy atom. The van der Waals surface area contributed by atoms with Gasteiger partial charge in [0.05, 0.1) is 0 Å². The SMILES string of the molecule is c1ccc(-c2c3ccccc3c(-c3ccc4c(c3)oc3cc(-c5cccc6c5ccc5c7ccccc7sc65)ccc34)c3ccccc23)cc1. The molecule has 0 N–H and O–H groups in total. The molecule has 2 aromatic heterocycles. The van der Waals surface area contributed by atoms with E-state index < -0.39 is 0 Å². The van der Waals surface area contributed by atoms with Crippen LogP contribution in [0.3, 0.4) is 0 Å². The second-order valence-corrected chi connectivity index (χ2v) is 14.2. The van der Waals surface area contributed by atoms with E-state index in [1.807, 2.05) is 11.3 Å². The van der Waals surface area contributed by atoms with Gasteiger partial charge >= 0.3 is 0 Å². The maximum atomic E-state index is 6.72. The summed E-state index contributed by atoms with van der Waals surface area (Å²) < 4.78 is 9.40. The molecule has 2 heterocycles. The summed E-state index contributed by atoms with van der Waals surface area (Å²) in [5.41, 5.74) is 9.10. The maximum absolute atomic E-state index is 6.72. The van der Waals surface area contributed by atoms with Gasteiger partial charge in [-0.1, -0.05) is 140 Å². The molecular weight excluding hydrogens is 625 g/mol. The lowest BCUT2D eigenvalue weighted by molar-refractivity contribution is 0.669. The Kier molecular flexibility index (Phi) is 5.89. The van der Waals surface area contributed by atoms with Crippen LogP contribution in [0.1, 0.15) is 0 Å². The van der Waals surface area contributed by atoms with Gasteiger partial charge in [0.1, 0.15) is 11.2 Å². The third kappa shape index (κ3) is 4.00. The number of rotatable bonds is 3. The van der Waals surface area contributed by atoms with Crippen LogP contribution in [-0.2, 0) is 0 Å². The topological polar surface area (TPSA) is 13.1 Å². The Morgan fingerprint density at radius 3 is 1.52 bits per heavy atom. The van der Waals surface area contributed by atoms with Crippen molar-refractivity contribution in [3.63, 3.8) is 0 Å². The molecule has 0 amide bonds. The second-order valence-electron chi connectivity index (χ2n) is 13.2. The summed E-state index contributed by atoms with van der Waals surface area (Å²) in [6.45, 7) is 0. The first-order valence-electron chi connectivity index (χ1n) is 17.1. The predicted molar refractivity (Wildman–Crippen MR) is 215 cm³/mol. The molecule has 2 heteroatoms. The standard InChI is InChI=1S/C48H28OS/c1-2-11-29(12-3-1)46-37-14-4-6-16-39(37)47(40-17-7-5-15-38(40)46)31-22-24-35-34-23-21-30(27-43(34)49-44(35)28-31)32-18-10-19-41-33(32)25-26-42-36-13-8-9-20-45(36)50-48(41)42/h1-28H. The highest BCUT2D eigenvalue weighted by atomic mass is 32.1. The smallest absolute Gasteiger partial charge is 0.136 e. The summed E-state index contributed by atoms with van der Waals surface area (Å²) in [6, 6.07) is 61.8. The van der Waals surface area contributed by atoms with E-state index in [9.17, 15) is 0 Å². The monoisotopic (exact) mass is 652 g/mol. The summed E-state index contributed by atoms with van der Waals surface area (Å²) in [7, 11) is 0. The minimum absolute atomic E-state index is 0.903. The van der Waals surface area contributed by atoms with E-state index in [1.165, 1.54) is 74.7 Å². The summed E-state index contributed by atoms with van der Waals surface area (Å²) >= 11 is 1.88. The molecule has 0 aliphatic rings. The predicted octanol–water partition coefficient (Wildman–Crippen LogP) is 14.4. The summed E-state index contributed by atoms with van der Waals surface area (Å²) in [5, 5.41) is 12.5. The van der Waals surface area contributed by atoms with Crippen LogP contribution in [0.5, 0.6) is 0 Å². The molecule has 0 bridgehead atoms. The van der Waals surface area contributed by atoms with E-state index in [4.69, 9.17) is 4.42 Å². The number of thiophene rings is 1. The molecular formula is C48H28OS. The Morgan fingerprint density at radius 2 is 0.820 bits per heavy atom. The first-order valence-corrected chi connectivity index (χ1v) is 17.9. The van der Waals surface area contributed by atoms with Gasteiger partial charge in [-0.05, 0) is 90.6 Å². The molecule has 0 atom stereocenters. The molecule has 0 saturated carbocycles. The molecule has 0 saturated heterocycles. The molecule has 1 nitrogen and oxygen atoms in total. The minimum atomic E-state index is 0.903. The van der Waals surface area contributed by atoms with Crippen LogP contribution in [0.25, 0.3) is 108 Å². The molecule has 0 spiro atoms. The fourth-order valence-corrected chi connectivity index (χ4v) is 9.48. The van der Waals surface area contributed by atoms with Crippen LogP contribution in [0.15, 0.2) is 174 Å². The molecule has 232 valence electrons. The zero-order chi connectivity index (χ0) is 32.8. The first kappa shape index (κ1) is 27.7. The maximum Gasteiger partial charge on any atom is 0.136 e. The molecule has 0 fully saturated rings. The summed E-state index contributed by atoms with van der Waals surface area (Å²) in [6.07, 6.45) is 0. The Labute approximate surface area is 292 Å². The summed E-state index contributed by atoms with van der Waals surface area (Å²) in [5.74, 6) is 0. The van der Waals surface area contributed by atoms with Crippen molar-refractivity contribution in [2.75, 3.05) is 0 Å². The highest BCUT2D eigenvalue weighted by Gasteiger charge is 2.18. The van der Waals surface area contributed by atoms with Gasteiger partial charge in [-0.15, -0.1) is 11.3 Å². The molecule has 0 unspecified atom stereocenters. The van der Waals surface area contributed by atoms with Crippen LogP contribution in [0.4, 0.5) is 0 Å². The van der Waals surface area contributed by atoms with E-state index in [0.717, 1.165) is 33.1 Å². The number of fused-ring (bicyclic) bond motifs is 10. The lowest BCUT2D eigenvalue weighted by atomic mass is 9.86. The van der Waals surface area contributed by atoms with Gasteiger partial charge in [0.15, 0.2) is 0 Å². The van der Waals surface area contributed by atoms with Gasteiger partial charge in [0.2, 0.25) is 0 Å². The van der Waals surface area contributed by atoms with Crippen LogP contribution >= 0.6 is 11.3 Å². The van der Waals surface area contributed by atoms with Crippen molar-refractivity contribution in [2.45, 2.75) is 0 Å². The molecule has 0 aliphatic carbocycles. The third-order valence-electron chi connectivity index (χ3n) is 10.5. The van der Waals surface area contributed by atoms with Gasteiger partial charge in [-0.25, -0.2) is 0 Å². The van der Waals surface area contributed by atoms with Gasteiger partial charge in [0.25, 0.3) is 0 Å². The number of hydrogen-bond acceptors (Lipinski definition) is 2. The van der Waals surface area contributed by atoms with E-state index in [2.05, 4.69) is 170 Å². The normalized spacial score (nSPS) is 12.0. The van der Waals surface area contributed by atoms with Crippen molar-refractivity contribution >= 4 is 85.8 Å². The quantitative estimate of drug-likeness (QED) is 0.173. The Balaban J connectivity index is 1.09. The molecule has 9 aromatic carbocycles. The molecule has 0 radical (unpaired) electrons. The first-order chi connectivity index (χ1) is 24.8. The fourth-order valence-electron chi connectivity index (χ4n) is 8.25. The molecule has 50 heavy (non-hydrogen) atoms. The Hall–Kier alpha value is -6.22. The van der Waals surface area contributed by atoms with Gasteiger partial charge < -0.3 is 4.42 Å². The van der Waals surface area contributed by atoms with Gasteiger partial charge in [0, 0.05) is 36.3 Å². The average molecular weight is 653 g/mol. The number of benzene rings is 9. The Bertz CT molecular complexity index is 3090. The van der Waals surface area contributed by atoms with Crippen LogP contribution in [-0.4, -0.2) is 0 Å². The van der Waals surface area contributed by atoms with Crippen molar-refractivity contribution in [3.05, 3.63) is 170 Å². The zero-order valence-corrected chi connectivity index (χ0v) is 27.8. The van der Waals surface area contributed by atoms with Crippen LogP contribution in [0, 0.1) is 0 Å². The van der Waals surface area contributed by atoms with Crippen molar-refractivity contribution in [1.29, 1.82) is 0 Å². The van der Waals surface area contributed by atoms with Crippen molar-refractivity contribution in [1.82, 2.24) is 0 Å². The van der Waals surface area contributed by atoms with Crippen LogP contribution in [0.2, 0.25) is 0 Å². The second kappa shape index (κ2) is 10.6. The van der Waals surface area contributed by atoms with Crippen molar-refractivity contribution in [3.8, 4) is 33.4 Å². The third-order valence-corrected chi connectivity index (χ3v) is 11.7. The zero-order valence-electron chi connectivity index (χ0n) is 27.0. The van der Waals surface area contributed by atoms with E-state index in [0.29, 0.717) is 0 Å². The highest BCUT2D eigenvalue weighted by molar-refractivity contribution is 7.26. The number of hydrogen-bond donors (Lipinski definition) is 0. The van der Waals surface area contributed by atoms with Crippen molar-refractivity contribution in [2.24, 2.45) is 0 Å². The van der Waals surface area contributed by atoms with Crippen LogP contribution < -0.4 is 0 Å².